The summed E-state index contributed by atoms with van der Waals surface area (Å²) < 4.78 is 28.7. The molecule has 1 aromatic rings. The van der Waals surface area contributed by atoms with E-state index in [4.69, 9.17) is 11.6 Å². The van der Waals surface area contributed by atoms with Crippen molar-refractivity contribution >= 4 is 21.6 Å². The highest BCUT2D eigenvalue weighted by Gasteiger charge is 2.30. The highest BCUT2D eigenvalue weighted by Crippen LogP contribution is 2.23. The van der Waals surface area contributed by atoms with Crippen molar-refractivity contribution in [3.8, 4) is 0 Å². The number of aryl methyl sites for hydroxylation is 1. The fourth-order valence-corrected chi connectivity index (χ4v) is 4.18. The Bertz CT molecular complexity index is 567. The molecule has 0 amide bonds. The number of likely N-dealkylation sites (N-methyl/N-ethyl adjacent to an activating group) is 1. The fourth-order valence-electron chi connectivity index (χ4n) is 2.20. The number of nitrogens with zero attached hydrogens (tertiary/aromatic N) is 4. The number of hydrogen-bond acceptors (Lipinski definition) is 4. The zero-order chi connectivity index (χ0) is 16.9. The molecule has 0 aromatic carbocycles. The Morgan fingerprint density at radius 1 is 1.27 bits per heavy atom. The lowest BCUT2D eigenvalue weighted by molar-refractivity contribution is 0.262. The van der Waals surface area contributed by atoms with Gasteiger partial charge in [-0.3, -0.25) is 0 Å². The summed E-state index contributed by atoms with van der Waals surface area (Å²) >= 11 is 6.08. The Balaban J connectivity index is 3.02. The Labute approximate surface area is 139 Å². The minimum Gasteiger partial charge on any atom is -0.324 e. The summed E-state index contributed by atoms with van der Waals surface area (Å²) in [7, 11) is -2.00. The van der Waals surface area contributed by atoms with Crippen LogP contribution in [0.2, 0.25) is 5.15 Å². The smallest absolute Gasteiger partial charge is 0.263 e. The van der Waals surface area contributed by atoms with Gasteiger partial charge in [0.25, 0.3) is 10.0 Å². The molecule has 0 unspecified atom stereocenters. The van der Waals surface area contributed by atoms with Crippen molar-refractivity contribution in [1.82, 2.24) is 18.8 Å². The summed E-state index contributed by atoms with van der Waals surface area (Å²) in [4.78, 5) is 6.17. The number of sulfonamides is 1. The topological polar surface area (TPSA) is 58.4 Å². The minimum absolute atomic E-state index is 0.0585. The molecule has 0 aliphatic rings. The predicted molar refractivity (Wildman–Crippen MR) is 89.6 cm³/mol. The van der Waals surface area contributed by atoms with Crippen LogP contribution in [0.15, 0.2) is 11.4 Å². The lowest BCUT2D eigenvalue weighted by Crippen LogP contribution is -2.40. The summed E-state index contributed by atoms with van der Waals surface area (Å²) in [5.41, 5.74) is 0. The normalized spacial score (nSPS) is 12.8. The Kier molecular flexibility index (Phi) is 7.31. The predicted octanol–water partition coefficient (Wildman–Crippen LogP) is 2.06. The molecule has 8 heteroatoms. The van der Waals surface area contributed by atoms with Gasteiger partial charge in [-0.1, -0.05) is 39.3 Å². The van der Waals surface area contributed by atoms with E-state index in [1.165, 1.54) is 15.2 Å². The van der Waals surface area contributed by atoms with Gasteiger partial charge in [0.05, 0.1) is 6.33 Å². The maximum Gasteiger partial charge on any atom is 0.263 e. The number of halogens is 1. The second kappa shape index (κ2) is 8.29. The van der Waals surface area contributed by atoms with E-state index in [0.717, 1.165) is 13.1 Å². The maximum absolute atomic E-state index is 12.8. The van der Waals surface area contributed by atoms with Crippen molar-refractivity contribution in [2.45, 2.75) is 32.7 Å². The van der Waals surface area contributed by atoms with E-state index in [-0.39, 0.29) is 16.1 Å². The Morgan fingerprint density at radius 2 is 1.86 bits per heavy atom. The van der Waals surface area contributed by atoms with Crippen LogP contribution in [0.4, 0.5) is 0 Å². The molecule has 0 radical (unpaired) electrons. The molecule has 1 rings (SSSR count). The first-order chi connectivity index (χ1) is 10.2. The maximum atomic E-state index is 12.8. The highest BCUT2D eigenvalue weighted by molar-refractivity contribution is 7.89. The molecule has 1 aromatic heterocycles. The average Bonchev–Trinajstić information content (AvgIpc) is 2.78. The van der Waals surface area contributed by atoms with Gasteiger partial charge in [0.1, 0.15) is 5.15 Å². The van der Waals surface area contributed by atoms with Crippen molar-refractivity contribution < 1.29 is 8.42 Å². The zero-order valence-corrected chi connectivity index (χ0v) is 15.7. The van der Waals surface area contributed by atoms with Crippen molar-refractivity contribution in [1.29, 1.82) is 0 Å². The van der Waals surface area contributed by atoms with Crippen LogP contribution >= 0.6 is 11.6 Å². The lowest BCUT2D eigenvalue weighted by Gasteiger charge is -2.26. The van der Waals surface area contributed by atoms with E-state index in [9.17, 15) is 8.42 Å². The summed E-state index contributed by atoms with van der Waals surface area (Å²) in [6.07, 6.45) is 1.42. The van der Waals surface area contributed by atoms with Crippen LogP contribution in [-0.2, 0) is 17.1 Å². The quantitative estimate of drug-likeness (QED) is 0.684. The summed E-state index contributed by atoms with van der Waals surface area (Å²) in [6, 6.07) is 0. The Morgan fingerprint density at radius 3 is 2.27 bits per heavy atom. The summed E-state index contributed by atoms with van der Waals surface area (Å²) in [5.74, 6) is 0.231. The van der Waals surface area contributed by atoms with Crippen LogP contribution in [0, 0.1) is 5.92 Å². The minimum atomic E-state index is -3.68. The number of aromatic nitrogens is 2. The van der Waals surface area contributed by atoms with Crippen LogP contribution in [-0.4, -0.2) is 59.9 Å². The second-order valence-electron chi connectivity index (χ2n) is 5.74. The molecule has 0 atom stereocenters. The van der Waals surface area contributed by atoms with Gasteiger partial charge in [0, 0.05) is 26.7 Å². The first kappa shape index (κ1) is 19.4. The van der Waals surface area contributed by atoms with Crippen LogP contribution in [0.1, 0.15) is 27.7 Å². The first-order valence-electron chi connectivity index (χ1n) is 7.63. The SMILES string of the molecule is CCN(CC)CCN(CC(C)C)S(=O)(=O)c1ncn(C)c1Cl. The van der Waals surface area contributed by atoms with Crippen molar-refractivity contribution in [3.05, 3.63) is 11.5 Å². The third-order valence-corrected chi connectivity index (χ3v) is 5.90. The van der Waals surface area contributed by atoms with Gasteiger partial charge >= 0.3 is 0 Å². The molecular weight excluding hydrogens is 324 g/mol. The van der Waals surface area contributed by atoms with E-state index >= 15 is 0 Å². The van der Waals surface area contributed by atoms with E-state index in [1.54, 1.807) is 7.05 Å². The highest BCUT2D eigenvalue weighted by atomic mass is 35.5. The molecule has 128 valence electrons. The zero-order valence-electron chi connectivity index (χ0n) is 14.1. The molecule has 0 aliphatic heterocycles. The number of rotatable bonds is 9. The standard InChI is InChI=1S/C14H27ClN4O2S/c1-6-18(7-2)8-9-19(10-12(3)4)22(20,21)14-13(15)17(5)11-16-14/h11-12H,6-10H2,1-5H3. The largest absolute Gasteiger partial charge is 0.324 e. The molecule has 1 heterocycles. The fraction of sp³-hybridized carbons (Fsp3) is 0.786. The molecule has 0 spiro atoms. The van der Waals surface area contributed by atoms with Gasteiger partial charge in [-0.05, 0) is 19.0 Å². The molecule has 22 heavy (non-hydrogen) atoms. The molecule has 0 aliphatic carbocycles. The van der Waals surface area contributed by atoms with Gasteiger partial charge in [-0.15, -0.1) is 0 Å². The molecule has 6 nitrogen and oxygen atoms in total. The molecule has 0 saturated carbocycles. The molecule has 0 bridgehead atoms. The van der Waals surface area contributed by atoms with Gasteiger partial charge in [-0.2, -0.15) is 4.31 Å². The van der Waals surface area contributed by atoms with Gasteiger partial charge in [0.15, 0.2) is 0 Å². The van der Waals surface area contributed by atoms with Gasteiger partial charge in [-0.25, -0.2) is 13.4 Å². The molecule has 0 saturated heterocycles. The van der Waals surface area contributed by atoms with Gasteiger partial charge < -0.3 is 9.47 Å². The van der Waals surface area contributed by atoms with E-state index in [0.29, 0.717) is 19.6 Å². The number of imidazole rings is 1. The van der Waals surface area contributed by atoms with E-state index in [2.05, 4.69) is 23.7 Å². The number of hydrogen-bond donors (Lipinski definition) is 0. The second-order valence-corrected chi connectivity index (χ2v) is 7.95. The third kappa shape index (κ3) is 4.68. The third-order valence-electron chi connectivity index (χ3n) is 3.55. The monoisotopic (exact) mass is 350 g/mol. The lowest BCUT2D eigenvalue weighted by atomic mass is 10.2. The van der Waals surface area contributed by atoms with Crippen LogP contribution in [0.5, 0.6) is 0 Å². The molecular formula is C14H27ClN4O2S. The van der Waals surface area contributed by atoms with Crippen molar-refractivity contribution in [2.75, 3.05) is 32.7 Å². The molecule has 0 fully saturated rings. The average molecular weight is 351 g/mol. The van der Waals surface area contributed by atoms with Crippen LogP contribution in [0.3, 0.4) is 0 Å². The van der Waals surface area contributed by atoms with Crippen LogP contribution in [0.25, 0.3) is 0 Å². The summed E-state index contributed by atoms with van der Waals surface area (Å²) in [5, 5.41) is 0.0912. The Hall–Kier alpha value is -0.630. The summed E-state index contributed by atoms with van der Waals surface area (Å²) in [6.45, 7) is 11.5. The van der Waals surface area contributed by atoms with E-state index < -0.39 is 10.0 Å². The van der Waals surface area contributed by atoms with E-state index in [1.807, 2.05) is 13.8 Å². The van der Waals surface area contributed by atoms with Crippen LogP contribution < -0.4 is 0 Å². The van der Waals surface area contributed by atoms with Crippen molar-refractivity contribution in [3.63, 3.8) is 0 Å². The molecule has 0 N–H and O–H groups in total. The van der Waals surface area contributed by atoms with Crippen molar-refractivity contribution in [2.24, 2.45) is 13.0 Å². The van der Waals surface area contributed by atoms with Gasteiger partial charge in [0.2, 0.25) is 5.03 Å². The first-order valence-corrected chi connectivity index (χ1v) is 9.45.